The lowest BCUT2D eigenvalue weighted by Crippen LogP contribution is -2.23. The van der Waals surface area contributed by atoms with Crippen molar-refractivity contribution < 1.29 is 13.5 Å². The Morgan fingerprint density at radius 1 is 1.09 bits per heavy atom. The Kier molecular flexibility index (Phi) is 5.69. The third-order valence-electron chi connectivity index (χ3n) is 6.49. The lowest BCUT2D eigenvalue weighted by Gasteiger charge is -2.30. The first-order valence-electron chi connectivity index (χ1n) is 11.2. The Balaban J connectivity index is 1.66. The van der Waals surface area contributed by atoms with Crippen molar-refractivity contribution in [3.05, 3.63) is 87.4 Å². The van der Waals surface area contributed by atoms with Crippen molar-refractivity contribution in [1.29, 1.82) is 0 Å². The van der Waals surface area contributed by atoms with E-state index in [-0.39, 0.29) is 34.2 Å². The zero-order valence-electron chi connectivity index (χ0n) is 19.2. The van der Waals surface area contributed by atoms with E-state index in [0.717, 1.165) is 23.7 Å². The van der Waals surface area contributed by atoms with Crippen LogP contribution in [-0.2, 0) is 11.8 Å². The molecule has 0 unspecified atom stereocenters. The van der Waals surface area contributed by atoms with Crippen LogP contribution in [0.3, 0.4) is 0 Å². The molecule has 4 aromatic rings. The fourth-order valence-electron chi connectivity index (χ4n) is 4.56. The summed E-state index contributed by atoms with van der Waals surface area (Å²) in [5, 5.41) is 0.218. The number of aryl methyl sites for hydroxylation is 2. The lowest BCUT2D eigenvalue weighted by molar-refractivity contribution is 0.00460. The summed E-state index contributed by atoms with van der Waals surface area (Å²) < 4.78 is 35.9. The summed E-state index contributed by atoms with van der Waals surface area (Å²) in [5.74, 6) is -0.906. The van der Waals surface area contributed by atoms with E-state index in [1.807, 2.05) is 25.1 Å². The first-order valence-corrected chi connectivity index (χ1v) is 11.2. The van der Waals surface area contributed by atoms with Gasteiger partial charge in [-0.3, -0.25) is 19.3 Å². The Morgan fingerprint density at radius 2 is 1.91 bits per heavy atom. The average Bonchev–Trinajstić information content (AvgIpc) is 2.82. The standard InChI is InChI=1S/C26H24F2N4O2/c1-14-10-17(6-8-29-14)23-11-16(7-9-34-23)21-13-22-24(26(33)32(3)15(2)30-22)25(31-21)19-5-4-18(27)12-20(19)28/h4-6,8,10,12-13,16,23H,7,9,11H2,1-3H3/t16-,23-/m1/s1. The number of hydrogen-bond donors (Lipinski definition) is 0. The fourth-order valence-corrected chi connectivity index (χ4v) is 4.56. The molecular formula is C26H24F2N4O2. The summed E-state index contributed by atoms with van der Waals surface area (Å²) in [6.07, 6.45) is 3.05. The van der Waals surface area contributed by atoms with Gasteiger partial charge in [0.25, 0.3) is 5.56 Å². The van der Waals surface area contributed by atoms with Gasteiger partial charge in [-0.25, -0.2) is 13.8 Å². The van der Waals surface area contributed by atoms with Crippen molar-refractivity contribution in [3.63, 3.8) is 0 Å². The molecule has 2 atom stereocenters. The van der Waals surface area contributed by atoms with E-state index in [1.165, 1.54) is 16.7 Å². The lowest BCUT2D eigenvalue weighted by atomic mass is 9.88. The first-order chi connectivity index (χ1) is 16.3. The van der Waals surface area contributed by atoms with Gasteiger partial charge in [-0.2, -0.15) is 0 Å². The maximum atomic E-state index is 14.8. The van der Waals surface area contributed by atoms with Crippen molar-refractivity contribution in [2.75, 3.05) is 6.61 Å². The van der Waals surface area contributed by atoms with E-state index in [0.29, 0.717) is 30.1 Å². The number of benzene rings is 1. The Hall–Kier alpha value is -3.52. The molecule has 0 saturated carbocycles. The SMILES string of the molecule is Cc1cc([C@H]2C[C@H](c3cc4nc(C)n(C)c(=O)c4c(-c4ccc(F)cc4F)n3)CCO2)ccn1. The predicted octanol–water partition coefficient (Wildman–Crippen LogP) is 4.92. The summed E-state index contributed by atoms with van der Waals surface area (Å²) in [6, 6.07) is 9.07. The van der Waals surface area contributed by atoms with Gasteiger partial charge in [0.1, 0.15) is 17.5 Å². The van der Waals surface area contributed by atoms with E-state index in [4.69, 9.17) is 9.72 Å². The molecule has 0 N–H and O–H groups in total. The first kappa shape index (κ1) is 22.3. The Labute approximate surface area is 195 Å². The average molecular weight is 463 g/mol. The topological polar surface area (TPSA) is 69.9 Å². The van der Waals surface area contributed by atoms with E-state index >= 15 is 0 Å². The van der Waals surface area contributed by atoms with Crippen molar-refractivity contribution in [2.24, 2.45) is 7.05 Å². The van der Waals surface area contributed by atoms with Gasteiger partial charge in [0.15, 0.2) is 0 Å². The van der Waals surface area contributed by atoms with Gasteiger partial charge in [-0.1, -0.05) is 0 Å². The predicted molar refractivity (Wildman–Crippen MR) is 125 cm³/mol. The van der Waals surface area contributed by atoms with E-state index < -0.39 is 11.6 Å². The van der Waals surface area contributed by atoms with E-state index in [9.17, 15) is 13.6 Å². The summed E-state index contributed by atoms with van der Waals surface area (Å²) >= 11 is 0. The van der Waals surface area contributed by atoms with E-state index in [2.05, 4.69) is 9.97 Å². The molecule has 1 aromatic carbocycles. The fraction of sp³-hybridized carbons (Fsp3) is 0.308. The van der Waals surface area contributed by atoms with Crippen molar-refractivity contribution in [3.8, 4) is 11.3 Å². The van der Waals surface area contributed by atoms with Crippen LogP contribution < -0.4 is 5.56 Å². The van der Waals surface area contributed by atoms with Gasteiger partial charge in [0.05, 0.1) is 22.7 Å². The second kappa shape index (κ2) is 8.68. The quantitative estimate of drug-likeness (QED) is 0.432. The van der Waals surface area contributed by atoms with Crippen LogP contribution >= 0.6 is 0 Å². The zero-order chi connectivity index (χ0) is 24.0. The van der Waals surface area contributed by atoms with E-state index in [1.54, 1.807) is 20.2 Å². The van der Waals surface area contributed by atoms with Gasteiger partial charge in [0, 0.05) is 48.8 Å². The summed E-state index contributed by atoms with van der Waals surface area (Å²) in [4.78, 5) is 26.8. The second-order valence-corrected chi connectivity index (χ2v) is 8.75. The van der Waals surface area contributed by atoms with Crippen molar-refractivity contribution in [2.45, 2.75) is 38.7 Å². The van der Waals surface area contributed by atoms with Crippen LogP contribution in [0, 0.1) is 25.5 Å². The molecular weight excluding hydrogens is 438 g/mol. The number of hydrogen-bond acceptors (Lipinski definition) is 5. The van der Waals surface area contributed by atoms with Gasteiger partial charge < -0.3 is 4.74 Å². The van der Waals surface area contributed by atoms with Gasteiger partial charge in [-0.05, 0) is 62.6 Å². The molecule has 34 heavy (non-hydrogen) atoms. The molecule has 1 aliphatic heterocycles. The number of aromatic nitrogens is 4. The number of ether oxygens (including phenoxy) is 1. The molecule has 8 heteroatoms. The maximum Gasteiger partial charge on any atom is 0.263 e. The maximum absolute atomic E-state index is 14.8. The minimum absolute atomic E-state index is 0.0186. The smallest absolute Gasteiger partial charge is 0.263 e. The second-order valence-electron chi connectivity index (χ2n) is 8.75. The van der Waals surface area contributed by atoms with Crippen LogP contribution in [0.2, 0.25) is 0 Å². The number of fused-ring (bicyclic) bond motifs is 1. The van der Waals surface area contributed by atoms with Crippen LogP contribution in [0.1, 0.15) is 47.6 Å². The third-order valence-corrected chi connectivity index (χ3v) is 6.49. The number of rotatable bonds is 3. The van der Waals surface area contributed by atoms with Gasteiger partial charge in [0.2, 0.25) is 0 Å². The monoisotopic (exact) mass is 462 g/mol. The summed E-state index contributed by atoms with van der Waals surface area (Å²) in [7, 11) is 1.61. The Bertz CT molecular complexity index is 1470. The zero-order valence-corrected chi connectivity index (χ0v) is 19.2. The van der Waals surface area contributed by atoms with Crippen LogP contribution in [0.4, 0.5) is 8.78 Å². The number of pyridine rings is 2. The molecule has 0 bridgehead atoms. The molecule has 6 nitrogen and oxygen atoms in total. The highest BCUT2D eigenvalue weighted by Crippen LogP contribution is 2.39. The normalized spacial score (nSPS) is 18.4. The highest BCUT2D eigenvalue weighted by molar-refractivity contribution is 5.92. The highest BCUT2D eigenvalue weighted by Gasteiger charge is 2.28. The van der Waals surface area contributed by atoms with Crippen molar-refractivity contribution in [1.82, 2.24) is 19.5 Å². The van der Waals surface area contributed by atoms with Crippen LogP contribution in [0.25, 0.3) is 22.2 Å². The molecule has 1 aliphatic rings. The summed E-state index contributed by atoms with van der Waals surface area (Å²) in [6.45, 7) is 4.22. The molecule has 0 spiro atoms. The Morgan fingerprint density at radius 3 is 2.68 bits per heavy atom. The molecule has 4 heterocycles. The molecule has 1 fully saturated rings. The minimum Gasteiger partial charge on any atom is -0.373 e. The molecule has 5 rings (SSSR count). The van der Waals surface area contributed by atoms with Gasteiger partial charge >= 0.3 is 0 Å². The molecule has 0 amide bonds. The molecule has 174 valence electrons. The minimum atomic E-state index is -0.773. The van der Waals surface area contributed by atoms with Crippen LogP contribution in [0.15, 0.2) is 47.4 Å². The van der Waals surface area contributed by atoms with Gasteiger partial charge in [-0.15, -0.1) is 0 Å². The molecule has 0 aliphatic carbocycles. The molecule has 1 saturated heterocycles. The highest BCUT2D eigenvalue weighted by atomic mass is 19.1. The van der Waals surface area contributed by atoms with Crippen LogP contribution in [0.5, 0.6) is 0 Å². The van der Waals surface area contributed by atoms with Crippen LogP contribution in [-0.4, -0.2) is 26.1 Å². The summed E-state index contributed by atoms with van der Waals surface area (Å²) in [5.41, 5.74) is 3.06. The largest absolute Gasteiger partial charge is 0.373 e. The molecule has 3 aromatic heterocycles. The number of nitrogens with zero attached hydrogens (tertiary/aromatic N) is 4. The number of halogens is 2. The third kappa shape index (κ3) is 3.98. The van der Waals surface area contributed by atoms with Crippen molar-refractivity contribution >= 4 is 10.9 Å². The molecule has 0 radical (unpaired) electrons.